The maximum absolute atomic E-state index is 11.3. The van der Waals surface area contributed by atoms with Crippen LogP contribution in [-0.2, 0) is 4.79 Å². The molecule has 3 N–H and O–H groups in total. The van der Waals surface area contributed by atoms with Crippen molar-refractivity contribution in [1.82, 2.24) is 10.4 Å². The summed E-state index contributed by atoms with van der Waals surface area (Å²) in [7, 11) is 0. The van der Waals surface area contributed by atoms with Crippen molar-refractivity contribution in [1.29, 1.82) is 0 Å². The Kier molecular flexibility index (Phi) is 4.35. The van der Waals surface area contributed by atoms with E-state index in [4.69, 9.17) is 0 Å². The second kappa shape index (κ2) is 5.32. The first-order valence-electron chi connectivity index (χ1n) is 3.98. The van der Waals surface area contributed by atoms with E-state index in [9.17, 15) is 50.0 Å². The number of nitrogens with one attached hydrogen (secondary N) is 1. The summed E-state index contributed by atoms with van der Waals surface area (Å²) < 4.78 is 0. The van der Waals surface area contributed by atoms with E-state index in [1.54, 1.807) is 0 Å². The summed E-state index contributed by atoms with van der Waals surface area (Å²) in [5.74, 6) is -7.31. The molecule has 0 aromatic heterocycles. The highest BCUT2D eigenvalue weighted by molar-refractivity contribution is 5.96. The molecule has 0 aliphatic carbocycles. The molecule has 0 aromatic rings. The molecule has 110 valence electrons. The van der Waals surface area contributed by atoms with Gasteiger partial charge in [0, 0.05) is 0 Å². The van der Waals surface area contributed by atoms with E-state index in [0.29, 0.717) is 0 Å². The maximum atomic E-state index is 11.3. The number of rotatable bonds is 6. The molecule has 0 aliphatic heterocycles. The fourth-order valence-electron chi connectivity index (χ4n) is 0.952. The SMILES string of the molecule is NC(=O)NC(=O)C(N([N+](=O)[O-])[N+](=O)[O-])([N+](=O)[O-])[N+](=O)[O-]. The molecule has 0 spiro atoms. The summed E-state index contributed by atoms with van der Waals surface area (Å²) in [5, 5.41) is 36.7. The van der Waals surface area contributed by atoms with Crippen LogP contribution in [0.1, 0.15) is 0 Å². The Balaban J connectivity index is 6.30. The Hall–Kier alpha value is -3.66. The van der Waals surface area contributed by atoms with Crippen LogP contribution in [0.5, 0.6) is 0 Å². The third-order valence-electron chi connectivity index (χ3n) is 1.64. The zero-order valence-corrected chi connectivity index (χ0v) is 8.90. The zero-order chi connectivity index (χ0) is 16.2. The first-order valence-corrected chi connectivity index (χ1v) is 3.98. The summed E-state index contributed by atoms with van der Waals surface area (Å²) in [6, 6.07) is -1.85. The highest BCUT2D eigenvalue weighted by Crippen LogP contribution is 2.18. The van der Waals surface area contributed by atoms with Crippen LogP contribution >= 0.6 is 0 Å². The quantitative estimate of drug-likeness (QED) is 0.285. The number of carbonyl (C=O) groups excluding carboxylic acids is 2. The first kappa shape index (κ1) is 16.3. The van der Waals surface area contributed by atoms with Gasteiger partial charge in [0.25, 0.3) is 0 Å². The van der Waals surface area contributed by atoms with Crippen LogP contribution in [0.3, 0.4) is 0 Å². The lowest BCUT2D eigenvalue weighted by Gasteiger charge is -2.13. The highest BCUT2D eigenvalue weighted by atomic mass is 16.8. The van der Waals surface area contributed by atoms with Crippen molar-refractivity contribution in [2.45, 2.75) is 5.79 Å². The lowest BCUT2D eigenvalue weighted by molar-refractivity contribution is -1.01. The number of nitro groups is 4. The van der Waals surface area contributed by atoms with Crippen LogP contribution in [0.15, 0.2) is 0 Å². The molecule has 0 aliphatic rings. The zero-order valence-electron chi connectivity index (χ0n) is 8.90. The average Bonchev–Trinajstić information content (AvgIpc) is 2.21. The second-order valence-electron chi connectivity index (χ2n) is 2.73. The number of hydrogen-bond donors (Lipinski definition) is 2. The van der Waals surface area contributed by atoms with Gasteiger partial charge in [-0.05, 0) is 0 Å². The Bertz CT molecular complexity index is 483. The molecule has 0 aromatic carbocycles. The molecular weight excluding hydrogens is 294 g/mol. The Morgan fingerprint density at radius 2 is 1.30 bits per heavy atom. The number of nitrogens with zero attached hydrogens (tertiary/aromatic N) is 5. The van der Waals surface area contributed by atoms with Gasteiger partial charge in [0.05, 0.1) is 0 Å². The summed E-state index contributed by atoms with van der Waals surface area (Å²) in [6.07, 6.45) is 0. The number of urea groups is 1. The van der Waals surface area contributed by atoms with E-state index in [1.807, 2.05) is 0 Å². The normalized spacial score (nSPS) is 10.2. The van der Waals surface area contributed by atoms with E-state index in [0.717, 1.165) is 5.32 Å². The Labute approximate surface area is 105 Å². The van der Waals surface area contributed by atoms with Crippen molar-refractivity contribution < 1.29 is 29.5 Å². The summed E-state index contributed by atoms with van der Waals surface area (Å²) in [5.41, 5.74) is 4.37. The van der Waals surface area contributed by atoms with Gasteiger partial charge >= 0.3 is 22.8 Å². The molecule has 0 saturated carbocycles. The van der Waals surface area contributed by atoms with Gasteiger partial charge in [-0.3, -0.25) is 30.3 Å². The number of primary amides is 1. The van der Waals surface area contributed by atoms with Crippen LogP contribution in [0.4, 0.5) is 4.79 Å². The minimum Gasteiger partial charge on any atom is -0.351 e. The van der Waals surface area contributed by atoms with Gasteiger partial charge in [-0.2, -0.15) is 0 Å². The van der Waals surface area contributed by atoms with Gasteiger partial charge < -0.3 is 5.73 Å². The van der Waals surface area contributed by atoms with Crippen LogP contribution in [0.2, 0.25) is 0 Å². The van der Waals surface area contributed by atoms with Crippen molar-refractivity contribution in [2.75, 3.05) is 0 Å². The second-order valence-corrected chi connectivity index (χ2v) is 2.73. The van der Waals surface area contributed by atoms with E-state index < -0.39 is 42.8 Å². The van der Waals surface area contributed by atoms with Gasteiger partial charge in [0.2, 0.25) is 10.1 Å². The van der Waals surface area contributed by atoms with Crippen LogP contribution in [0, 0.1) is 40.5 Å². The standard InChI is InChI=1S/C3H3N7O10/c4-2(12)5-1(11)3(7(13)14,8(15)16)6(9(17)18)10(19)20/h(H3,4,5,11,12). The molecule has 0 bridgehead atoms. The van der Waals surface area contributed by atoms with Crippen LogP contribution in [-0.4, -0.2) is 42.8 Å². The number of imide groups is 1. The smallest absolute Gasteiger partial charge is 0.351 e. The summed E-state index contributed by atoms with van der Waals surface area (Å²) in [6.45, 7) is 0. The van der Waals surface area contributed by atoms with Gasteiger partial charge in [0.15, 0.2) is 0 Å². The molecule has 0 fully saturated rings. The number of carbonyl (C=O) groups is 2. The van der Waals surface area contributed by atoms with E-state index >= 15 is 0 Å². The fourth-order valence-corrected chi connectivity index (χ4v) is 0.952. The topological polar surface area (TPSA) is 248 Å². The molecule has 0 atom stereocenters. The molecule has 0 saturated heterocycles. The number of hydrazine groups is 2. The largest absolute Gasteiger partial charge is 0.730 e. The maximum Gasteiger partial charge on any atom is 0.730 e. The molecule has 17 heteroatoms. The lowest BCUT2D eigenvalue weighted by Crippen LogP contribution is -2.71. The van der Waals surface area contributed by atoms with E-state index in [2.05, 4.69) is 5.73 Å². The minimum atomic E-state index is -4.72. The molecule has 3 amide bonds. The van der Waals surface area contributed by atoms with Gasteiger partial charge in [0.1, 0.15) is 9.85 Å². The average molecular weight is 297 g/mol. The molecule has 17 nitrogen and oxygen atoms in total. The van der Waals surface area contributed by atoms with Crippen molar-refractivity contribution >= 4 is 11.9 Å². The summed E-state index contributed by atoms with van der Waals surface area (Å²) >= 11 is 0. The third kappa shape index (κ3) is 2.44. The van der Waals surface area contributed by atoms with Crippen molar-refractivity contribution in [3.63, 3.8) is 0 Å². The van der Waals surface area contributed by atoms with Gasteiger partial charge in [-0.15, -0.1) is 0 Å². The molecule has 0 radical (unpaired) electrons. The predicted octanol–water partition coefficient (Wildman–Crippen LogP) is -2.93. The van der Waals surface area contributed by atoms with Crippen LogP contribution < -0.4 is 11.1 Å². The van der Waals surface area contributed by atoms with Crippen molar-refractivity contribution in [3.8, 4) is 0 Å². The van der Waals surface area contributed by atoms with Crippen molar-refractivity contribution in [2.24, 2.45) is 5.73 Å². The van der Waals surface area contributed by atoms with E-state index in [1.165, 1.54) is 0 Å². The van der Waals surface area contributed by atoms with Gasteiger partial charge in [-0.25, -0.2) is 25.0 Å². The molecule has 0 heterocycles. The Morgan fingerprint density at radius 3 is 1.50 bits per heavy atom. The number of hydrogen-bond acceptors (Lipinski definition) is 10. The van der Waals surface area contributed by atoms with E-state index in [-0.39, 0.29) is 0 Å². The fraction of sp³-hybridized carbons (Fsp3) is 0.333. The lowest BCUT2D eigenvalue weighted by atomic mass is 10.3. The molecule has 20 heavy (non-hydrogen) atoms. The minimum absolute atomic E-state index is 0.803. The summed E-state index contributed by atoms with van der Waals surface area (Å²) in [4.78, 5) is 59.2. The third-order valence-corrected chi connectivity index (χ3v) is 1.64. The van der Waals surface area contributed by atoms with Gasteiger partial charge in [-0.1, -0.05) is 0 Å². The monoisotopic (exact) mass is 297 g/mol. The predicted molar refractivity (Wildman–Crippen MR) is 50.3 cm³/mol. The molecule has 0 rings (SSSR count). The van der Waals surface area contributed by atoms with Crippen LogP contribution in [0.25, 0.3) is 0 Å². The number of nitrogens with two attached hydrogens (primary N) is 1. The Morgan fingerprint density at radius 1 is 0.950 bits per heavy atom. The highest BCUT2D eigenvalue weighted by Gasteiger charge is 2.83. The first-order chi connectivity index (χ1) is 8.99. The van der Waals surface area contributed by atoms with Crippen molar-refractivity contribution in [3.05, 3.63) is 40.5 Å². The molecular formula is C3H3N7O10. The number of amides is 3. The molecule has 0 unspecified atom stereocenters.